The lowest BCUT2D eigenvalue weighted by Crippen LogP contribution is -2.53. The summed E-state index contributed by atoms with van der Waals surface area (Å²) in [6.45, 7) is 19.7. The third-order valence-electron chi connectivity index (χ3n) is 8.81. The molecule has 0 saturated carbocycles. The molecule has 4 unspecified atom stereocenters. The van der Waals surface area contributed by atoms with Crippen molar-refractivity contribution < 1.29 is 28.5 Å². The Bertz CT molecular complexity index is 952. The number of ether oxygens (including phenoxy) is 4. The van der Waals surface area contributed by atoms with Crippen molar-refractivity contribution in [3.8, 4) is 0 Å². The zero-order valence-corrected chi connectivity index (χ0v) is 25.0. The van der Waals surface area contributed by atoms with E-state index >= 15 is 0 Å². The minimum atomic E-state index is -0.832. The first kappa shape index (κ1) is 29.9. The van der Waals surface area contributed by atoms with E-state index in [9.17, 15) is 9.59 Å². The average molecular weight is 520 g/mol. The molecule has 2 fully saturated rings. The van der Waals surface area contributed by atoms with Crippen LogP contribution in [0.25, 0.3) is 0 Å². The first-order valence-electron chi connectivity index (χ1n) is 13.8. The predicted molar refractivity (Wildman–Crippen MR) is 144 cm³/mol. The van der Waals surface area contributed by atoms with Crippen LogP contribution in [0.3, 0.4) is 0 Å². The number of hydrogen-bond acceptors (Lipinski definition) is 7. The van der Waals surface area contributed by atoms with E-state index in [1.807, 2.05) is 40.7 Å². The number of rotatable bonds is 3. The van der Waals surface area contributed by atoms with Gasteiger partial charge in [-0.25, -0.2) is 0 Å². The Morgan fingerprint density at radius 3 is 2.22 bits per heavy atom. The molecule has 3 heterocycles. The van der Waals surface area contributed by atoms with E-state index in [1.54, 1.807) is 6.92 Å². The second kappa shape index (κ2) is 10.8. The quantitative estimate of drug-likeness (QED) is 0.502. The van der Waals surface area contributed by atoms with Gasteiger partial charge < -0.3 is 23.8 Å². The first-order valence-corrected chi connectivity index (χ1v) is 13.8. The van der Waals surface area contributed by atoms with Crippen molar-refractivity contribution in [3.05, 3.63) is 23.2 Å². The van der Waals surface area contributed by atoms with Gasteiger partial charge in [-0.1, -0.05) is 34.6 Å². The molecule has 37 heavy (non-hydrogen) atoms. The monoisotopic (exact) mass is 519 g/mol. The minimum absolute atomic E-state index is 0.0362. The van der Waals surface area contributed by atoms with Gasteiger partial charge in [0, 0.05) is 23.8 Å². The SMILES string of the molecule is C/C1=C\[C@]2(C)O/C(=C(\C)C(=O)[C@H](C)[C@@H](OC3OC(C)CC(N(C)C)C3C)C(C)(C)C[C@@H](C)C1=O)O[C@@H]2C. The van der Waals surface area contributed by atoms with Gasteiger partial charge in [0.15, 0.2) is 23.5 Å². The Kier molecular flexibility index (Phi) is 8.73. The summed E-state index contributed by atoms with van der Waals surface area (Å²) in [5, 5.41) is 0. The highest BCUT2D eigenvalue weighted by Crippen LogP contribution is 2.42. The largest absolute Gasteiger partial charge is 0.457 e. The molecular formula is C30H49NO6. The molecule has 0 N–H and O–H groups in total. The van der Waals surface area contributed by atoms with Crippen LogP contribution < -0.4 is 0 Å². The molecule has 3 rings (SSSR count). The van der Waals surface area contributed by atoms with Gasteiger partial charge in [-0.15, -0.1) is 0 Å². The van der Waals surface area contributed by atoms with Gasteiger partial charge in [-0.2, -0.15) is 0 Å². The van der Waals surface area contributed by atoms with Crippen LogP contribution in [0.15, 0.2) is 23.2 Å². The third-order valence-corrected chi connectivity index (χ3v) is 8.81. The summed E-state index contributed by atoms with van der Waals surface area (Å²) in [6.07, 6.45) is 2.09. The van der Waals surface area contributed by atoms with Crippen LogP contribution in [-0.2, 0) is 28.5 Å². The molecule has 0 aromatic heterocycles. The second-order valence-corrected chi connectivity index (χ2v) is 12.9. The van der Waals surface area contributed by atoms with Gasteiger partial charge in [0.25, 0.3) is 5.95 Å². The van der Waals surface area contributed by atoms with Crippen LogP contribution in [0, 0.1) is 23.2 Å². The lowest BCUT2D eigenvalue weighted by Gasteiger charge is -2.46. The van der Waals surface area contributed by atoms with Crippen molar-refractivity contribution >= 4 is 11.6 Å². The summed E-state index contributed by atoms with van der Waals surface area (Å²) in [5.41, 5.74) is -0.238. The van der Waals surface area contributed by atoms with E-state index in [2.05, 4.69) is 46.7 Å². The standard InChI is InChI=1S/C30H49NO6/c1-16-14-29(8,9)26(36-27-19(4)23(31(11)12)13-18(3)34-27)20(5)25(33)21(6)28-35-22(7)30(10,37-28)15-17(2)24(16)32/h15-16,18-20,22-23,26-27H,13-14H2,1-12H3/b17-15+,28-21+/t16-,18?,19?,20+,22-,23?,26-,27?,30+/m1/s1. The second-order valence-electron chi connectivity index (χ2n) is 12.9. The maximum atomic E-state index is 13.9. The number of allylic oxidation sites excluding steroid dienone is 2. The van der Waals surface area contributed by atoms with Gasteiger partial charge in [0.2, 0.25) is 0 Å². The summed E-state index contributed by atoms with van der Waals surface area (Å²) in [7, 11) is 4.17. The summed E-state index contributed by atoms with van der Waals surface area (Å²) in [4.78, 5) is 29.6. The number of carbonyl (C=O) groups is 2. The molecule has 3 aliphatic rings. The van der Waals surface area contributed by atoms with E-state index in [-0.39, 0.29) is 41.6 Å². The van der Waals surface area contributed by atoms with Crippen molar-refractivity contribution in [1.82, 2.24) is 4.90 Å². The zero-order valence-electron chi connectivity index (χ0n) is 25.0. The molecule has 0 spiro atoms. The fraction of sp³-hybridized carbons (Fsp3) is 0.800. The summed E-state index contributed by atoms with van der Waals surface area (Å²) >= 11 is 0. The number of hydrogen-bond donors (Lipinski definition) is 0. The lowest BCUT2D eigenvalue weighted by molar-refractivity contribution is -0.267. The summed E-state index contributed by atoms with van der Waals surface area (Å²) in [6, 6.07) is 0.300. The topological polar surface area (TPSA) is 74.3 Å². The van der Waals surface area contributed by atoms with Crippen LogP contribution >= 0.6 is 0 Å². The van der Waals surface area contributed by atoms with Crippen LogP contribution in [0.5, 0.6) is 0 Å². The van der Waals surface area contributed by atoms with E-state index in [4.69, 9.17) is 18.9 Å². The number of nitrogens with zero attached hydrogens (tertiary/aromatic N) is 1. The number of Topliss-reactive ketones (excluding diaryl/α,β-unsaturated/α-hetero) is 2. The Labute approximate surface area is 223 Å². The molecule has 0 aromatic rings. The number of fused-ring (bicyclic) bond motifs is 2. The van der Waals surface area contributed by atoms with Crippen LogP contribution in [-0.4, -0.2) is 66.8 Å². The van der Waals surface area contributed by atoms with E-state index < -0.39 is 29.3 Å². The highest BCUT2D eigenvalue weighted by molar-refractivity contribution is 5.98. The van der Waals surface area contributed by atoms with Crippen LogP contribution in [0.4, 0.5) is 0 Å². The Balaban J connectivity index is 2.06. The number of ketones is 2. The van der Waals surface area contributed by atoms with Gasteiger partial charge in [-0.05, 0) is 78.6 Å². The van der Waals surface area contributed by atoms with E-state index in [0.717, 1.165) is 6.42 Å². The highest BCUT2D eigenvalue weighted by Gasteiger charge is 2.48. The van der Waals surface area contributed by atoms with Gasteiger partial charge in [0.05, 0.1) is 17.8 Å². The Morgan fingerprint density at radius 1 is 1.00 bits per heavy atom. The van der Waals surface area contributed by atoms with Crippen molar-refractivity contribution in [1.29, 1.82) is 0 Å². The minimum Gasteiger partial charge on any atom is -0.457 e. The smallest absolute Gasteiger partial charge is 0.287 e. The van der Waals surface area contributed by atoms with Crippen LogP contribution in [0.1, 0.15) is 82.1 Å². The molecule has 0 radical (unpaired) electrons. The summed E-state index contributed by atoms with van der Waals surface area (Å²) in [5.74, 6) is -0.423. The van der Waals surface area contributed by atoms with Crippen molar-refractivity contribution in [2.24, 2.45) is 23.2 Å². The fourth-order valence-corrected chi connectivity index (χ4v) is 6.47. The van der Waals surface area contributed by atoms with E-state index in [0.29, 0.717) is 23.6 Å². The molecule has 0 aliphatic carbocycles. The van der Waals surface area contributed by atoms with Gasteiger partial charge in [0.1, 0.15) is 6.10 Å². The average Bonchev–Trinajstić information content (AvgIpc) is 3.09. The Hall–Kier alpha value is -1.70. The molecule has 2 saturated heterocycles. The number of carbonyl (C=O) groups excluding carboxylic acids is 2. The van der Waals surface area contributed by atoms with Crippen molar-refractivity contribution in [3.63, 3.8) is 0 Å². The normalized spacial score (nSPS) is 44.7. The van der Waals surface area contributed by atoms with Crippen molar-refractivity contribution in [2.45, 2.75) is 118 Å². The molecule has 0 amide bonds. The highest BCUT2D eigenvalue weighted by atomic mass is 16.7. The zero-order chi connectivity index (χ0) is 28.0. The Morgan fingerprint density at radius 2 is 1.62 bits per heavy atom. The van der Waals surface area contributed by atoms with Crippen molar-refractivity contribution in [2.75, 3.05) is 14.1 Å². The molecule has 3 aliphatic heterocycles. The maximum absolute atomic E-state index is 13.9. The molecule has 7 nitrogen and oxygen atoms in total. The lowest BCUT2D eigenvalue weighted by atomic mass is 9.71. The molecule has 0 aromatic carbocycles. The first-order chi connectivity index (χ1) is 17.0. The maximum Gasteiger partial charge on any atom is 0.287 e. The molecular weight excluding hydrogens is 470 g/mol. The fourth-order valence-electron chi connectivity index (χ4n) is 6.47. The molecule has 2 bridgehead atoms. The predicted octanol–water partition coefficient (Wildman–Crippen LogP) is 5.28. The van der Waals surface area contributed by atoms with Gasteiger partial charge in [-0.3, -0.25) is 9.59 Å². The molecule has 7 heteroatoms. The summed E-state index contributed by atoms with van der Waals surface area (Å²) < 4.78 is 25.4. The van der Waals surface area contributed by atoms with Crippen LogP contribution in [0.2, 0.25) is 0 Å². The molecule has 210 valence electrons. The third kappa shape index (κ3) is 5.99. The van der Waals surface area contributed by atoms with Gasteiger partial charge >= 0.3 is 0 Å². The molecule has 9 atom stereocenters. The van der Waals surface area contributed by atoms with E-state index in [1.165, 1.54) is 0 Å².